The molecule has 8 heteroatoms. The molecule has 1 atom stereocenters. The van der Waals surface area contributed by atoms with Crippen molar-refractivity contribution in [2.24, 2.45) is 5.92 Å². The minimum absolute atomic E-state index is 0.0675. The summed E-state index contributed by atoms with van der Waals surface area (Å²) in [5.41, 5.74) is 2.71. The first kappa shape index (κ1) is 20.0. The second-order valence-corrected chi connectivity index (χ2v) is 8.08. The largest absolute Gasteiger partial charge is 0.324 e. The van der Waals surface area contributed by atoms with E-state index >= 15 is 0 Å². The van der Waals surface area contributed by atoms with Gasteiger partial charge in [-0.05, 0) is 43.9 Å². The van der Waals surface area contributed by atoms with E-state index in [0.29, 0.717) is 24.3 Å². The fourth-order valence-electron chi connectivity index (χ4n) is 4.40. The summed E-state index contributed by atoms with van der Waals surface area (Å²) in [5.74, 6) is 0.236. The molecule has 2 fully saturated rings. The van der Waals surface area contributed by atoms with E-state index in [1.165, 1.54) is 0 Å². The second-order valence-electron chi connectivity index (χ2n) is 8.08. The zero-order chi connectivity index (χ0) is 20.9. The third-order valence-electron chi connectivity index (χ3n) is 6.01. The zero-order valence-electron chi connectivity index (χ0n) is 16.9. The Balaban J connectivity index is 1.40. The monoisotopic (exact) mass is 406 g/mol. The van der Waals surface area contributed by atoms with E-state index in [-0.39, 0.29) is 23.8 Å². The number of carbonyl (C=O) groups is 2. The Morgan fingerprint density at radius 1 is 1.17 bits per heavy atom. The maximum Gasteiger partial charge on any atom is 0.321 e. The molecule has 0 spiro atoms. The predicted molar refractivity (Wildman–Crippen MR) is 113 cm³/mol. The normalized spacial score (nSPS) is 19.3. The molecule has 3 N–H and O–H groups in total. The van der Waals surface area contributed by atoms with E-state index in [1.54, 1.807) is 35.4 Å². The van der Waals surface area contributed by atoms with E-state index in [0.717, 1.165) is 49.9 Å². The quantitative estimate of drug-likeness (QED) is 0.716. The Morgan fingerprint density at radius 2 is 2.00 bits per heavy atom. The van der Waals surface area contributed by atoms with Crippen LogP contribution in [0.3, 0.4) is 0 Å². The van der Waals surface area contributed by atoms with Gasteiger partial charge in [-0.15, -0.1) is 0 Å². The number of benzene rings is 1. The van der Waals surface area contributed by atoms with Gasteiger partial charge >= 0.3 is 6.03 Å². The van der Waals surface area contributed by atoms with Gasteiger partial charge in [0.1, 0.15) is 0 Å². The summed E-state index contributed by atoms with van der Waals surface area (Å²) in [4.78, 5) is 27.1. The number of likely N-dealkylation sites (tertiary alicyclic amines) is 1. The summed E-state index contributed by atoms with van der Waals surface area (Å²) in [5, 5.41) is 22.1. The van der Waals surface area contributed by atoms with Crippen LogP contribution < -0.4 is 10.6 Å². The molecule has 156 valence electrons. The van der Waals surface area contributed by atoms with Crippen molar-refractivity contribution in [3.05, 3.63) is 41.7 Å². The topological polar surface area (TPSA) is 114 Å². The number of anilines is 2. The molecule has 1 aliphatic carbocycles. The molecule has 0 bridgehead atoms. The maximum absolute atomic E-state index is 12.8. The molecule has 3 amide bonds. The summed E-state index contributed by atoms with van der Waals surface area (Å²) >= 11 is 0. The van der Waals surface area contributed by atoms with Crippen molar-refractivity contribution in [2.45, 2.75) is 44.4 Å². The first-order valence-electron chi connectivity index (χ1n) is 10.5. The molecule has 30 heavy (non-hydrogen) atoms. The molecule has 2 aromatic rings. The molecule has 1 saturated heterocycles. The molecule has 1 unspecified atom stereocenters. The SMILES string of the molecule is N#Cc1cccc(NC(=O)N2CCCC(c3[nH]ncc3NC(=O)C3CCCC3)C2)c1. The summed E-state index contributed by atoms with van der Waals surface area (Å²) in [6.45, 7) is 1.20. The number of amides is 3. The number of nitrogens with one attached hydrogen (secondary N) is 3. The lowest BCUT2D eigenvalue weighted by atomic mass is 9.94. The van der Waals surface area contributed by atoms with Crippen molar-refractivity contribution in [2.75, 3.05) is 23.7 Å². The van der Waals surface area contributed by atoms with Crippen LogP contribution >= 0.6 is 0 Å². The van der Waals surface area contributed by atoms with Crippen LogP contribution in [0, 0.1) is 17.2 Å². The minimum atomic E-state index is -0.189. The number of hydrogen-bond donors (Lipinski definition) is 3. The number of hydrogen-bond acceptors (Lipinski definition) is 4. The van der Waals surface area contributed by atoms with Gasteiger partial charge in [-0.25, -0.2) is 4.79 Å². The molecule has 1 saturated carbocycles. The van der Waals surface area contributed by atoms with Crippen LogP contribution in [0.1, 0.15) is 55.7 Å². The van der Waals surface area contributed by atoms with Crippen LogP contribution in [-0.4, -0.2) is 40.1 Å². The number of aromatic amines is 1. The fourth-order valence-corrected chi connectivity index (χ4v) is 4.40. The lowest BCUT2D eigenvalue weighted by molar-refractivity contribution is -0.119. The van der Waals surface area contributed by atoms with Gasteiger partial charge in [-0.3, -0.25) is 9.89 Å². The third-order valence-corrected chi connectivity index (χ3v) is 6.01. The molecule has 1 aromatic heterocycles. The lowest BCUT2D eigenvalue weighted by Gasteiger charge is -2.32. The molecule has 4 rings (SSSR count). The highest BCUT2D eigenvalue weighted by Gasteiger charge is 2.29. The molecule has 0 radical (unpaired) electrons. The maximum atomic E-state index is 12.8. The lowest BCUT2D eigenvalue weighted by Crippen LogP contribution is -2.41. The number of piperidine rings is 1. The van der Waals surface area contributed by atoms with Gasteiger partial charge in [0.2, 0.25) is 5.91 Å². The first-order valence-corrected chi connectivity index (χ1v) is 10.5. The average Bonchev–Trinajstić information content (AvgIpc) is 3.46. The zero-order valence-corrected chi connectivity index (χ0v) is 16.9. The third kappa shape index (κ3) is 4.46. The van der Waals surface area contributed by atoms with Crippen molar-refractivity contribution < 1.29 is 9.59 Å². The number of nitriles is 1. The van der Waals surface area contributed by atoms with Crippen LogP contribution in [0.2, 0.25) is 0 Å². The van der Waals surface area contributed by atoms with Crippen molar-refractivity contribution >= 4 is 23.3 Å². The van der Waals surface area contributed by atoms with Crippen LogP contribution in [-0.2, 0) is 4.79 Å². The van der Waals surface area contributed by atoms with E-state index in [9.17, 15) is 9.59 Å². The van der Waals surface area contributed by atoms with E-state index < -0.39 is 0 Å². The Bertz CT molecular complexity index is 957. The molecule has 2 aliphatic rings. The summed E-state index contributed by atoms with van der Waals surface area (Å²) in [6, 6.07) is 8.76. The highest BCUT2D eigenvalue weighted by molar-refractivity contribution is 5.93. The molecular formula is C22H26N6O2. The van der Waals surface area contributed by atoms with Crippen LogP contribution in [0.25, 0.3) is 0 Å². The van der Waals surface area contributed by atoms with Gasteiger partial charge in [0, 0.05) is 30.6 Å². The Labute approximate surface area is 175 Å². The number of carbonyl (C=O) groups excluding carboxylic acids is 2. The smallest absolute Gasteiger partial charge is 0.321 e. The highest BCUT2D eigenvalue weighted by Crippen LogP contribution is 2.32. The molecule has 1 aliphatic heterocycles. The van der Waals surface area contributed by atoms with Crippen LogP contribution in [0.15, 0.2) is 30.5 Å². The summed E-state index contributed by atoms with van der Waals surface area (Å²) in [7, 11) is 0. The Kier molecular flexibility index (Phi) is 5.98. The standard InChI is InChI=1S/C22H26N6O2/c23-12-15-5-3-9-18(11-15)25-22(30)28-10-4-8-17(14-28)20-19(13-24-27-20)26-21(29)16-6-1-2-7-16/h3,5,9,11,13,16-17H,1-2,4,6-8,10,14H2,(H,24,27)(H,25,30)(H,26,29). The minimum Gasteiger partial charge on any atom is -0.324 e. The van der Waals surface area contributed by atoms with Crippen LogP contribution in [0.5, 0.6) is 0 Å². The number of urea groups is 1. The van der Waals surface area contributed by atoms with Crippen LogP contribution in [0.4, 0.5) is 16.2 Å². The van der Waals surface area contributed by atoms with Gasteiger partial charge in [-0.2, -0.15) is 10.4 Å². The summed E-state index contributed by atoms with van der Waals surface area (Å²) in [6.07, 6.45) is 7.57. The number of rotatable bonds is 4. The van der Waals surface area contributed by atoms with Gasteiger partial charge in [0.25, 0.3) is 0 Å². The van der Waals surface area contributed by atoms with Crippen molar-refractivity contribution in [3.8, 4) is 6.07 Å². The fraction of sp³-hybridized carbons (Fsp3) is 0.455. The van der Waals surface area contributed by atoms with Gasteiger partial charge in [0.05, 0.1) is 29.2 Å². The van der Waals surface area contributed by atoms with Gasteiger partial charge in [0.15, 0.2) is 0 Å². The van der Waals surface area contributed by atoms with E-state index in [1.807, 2.05) is 0 Å². The van der Waals surface area contributed by atoms with E-state index in [4.69, 9.17) is 5.26 Å². The Morgan fingerprint density at radius 3 is 2.80 bits per heavy atom. The number of H-pyrrole nitrogens is 1. The van der Waals surface area contributed by atoms with Gasteiger partial charge < -0.3 is 15.5 Å². The molecule has 2 heterocycles. The van der Waals surface area contributed by atoms with Crippen molar-refractivity contribution in [3.63, 3.8) is 0 Å². The second kappa shape index (κ2) is 8.99. The van der Waals surface area contributed by atoms with Crippen molar-refractivity contribution in [1.82, 2.24) is 15.1 Å². The molecular weight excluding hydrogens is 380 g/mol. The molecule has 8 nitrogen and oxygen atoms in total. The number of nitrogens with zero attached hydrogens (tertiary/aromatic N) is 3. The first-order chi connectivity index (χ1) is 14.6. The predicted octanol–water partition coefficient (Wildman–Crippen LogP) is 3.82. The van der Waals surface area contributed by atoms with Crippen molar-refractivity contribution in [1.29, 1.82) is 5.26 Å². The Hall–Kier alpha value is -3.34. The van der Waals surface area contributed by atoms with Gasteiger partial charge in [-0.1, -0.05) is 18.9 Å². The highest BCUT2D eigenvalue weighted by atomic mass is 16.2. The average molecular weight is 406 g/mol. The molecule has 1 aromatic carbocycles. The number of aromatic nitrogens is 2. The summed E-state index contributed by atoms with van der Waals surface area (Å²) < 4.78 is 0. The van der Waals surface area contributed by atoms with E-state index in [2.05, 4.69) is 26.9 Å².